The van der Waals surface area contributed by atoms with Gasteiger partial charge in [0, 0.05) is 26.1 Å². The number of ether oxygens (including phenoxy) is 2. The molecule has 114 valence electrons. The molecule has 0 saturated heterocycles. The Bertz CT molecular complexity index is 560. The Morgan fingerprint density at radius 3 is 2.57 bits per heavy atom. The van der Waals surface area contributed by atoms with E-state index < -0.39 is 10.9 Å². The second-order valence-electron chi connectivity index (χ2n) is 4.66. The Kier molecular flexibility index (Phi) is 4.46. The van der Waals surface area contributed by atoms with Crippen LogP contribution < -0.4 is 14.4 Å². The van der Waals surface area contributed by atoms with Gasteiger partial charge in [-0.05, 0) is 6.42 Å². The molecule has 1 aliphatic heterocycles. The van der Waals surface area contributed by atoms with Crippen molar-refractivity contribution < 1.29 is 24.3 Å². The highest BCUT2D eigenvalue weighted by Crippen LogP contribution is 2.40. The maximum absolute atomic E-state index is 11.2. The van der Waals surface area contributed by atoms with Crippen LogP contribution >= 0.6 is 0 Å². The van der Waals surface area contributed by atoms with Crippen LogP contribution in [0.5, 0.6) is 11.5 Å². The largest absolute Gasteiger partial charge is 0.486 e. The monoisotopic (exact) mass is 296 g/mol. The summed E-state index contributed by atoms with van der Waals surface area (Å²) in [6.07, 6.45) is 0.417. The number of carbonyl (C=O) groups is 1. The standard InChI is InChI=1S/C13H16N2O6/c1-14(4-2-3-13(16)17)9-7-11-12(21-6-5-20-11)8-10(9)15(18)19/h7-8H,2-6H2,1H3,(H,16,17). The van der Waals surface area contributed by atoms with E-state index in [4.69, 9.17) is 14.6 Å². The van der Waals surface area contributed by atoms with Crippen LogP contribution in [0.4, 0.5) is 11.4 Å². The van der Waals surface area contributed by atoms with Crippen molar-refractivity contribution in [3.05, 3.63) is 22.2 Å². The third kappa shape index (κ3) is 3.53. The van der Waals surface area contributed by atoms with Crippen molar-refractivity contribution in [1.82, 2.24) is 0 Å². The highest BCUT2D eigenvalue weighted by atomic mass is 16.6. The Hall–Kier alpha value is -2.51. The van der Waals surface area contributed by atoms with E-state index in [1.54, 1.807) is 18.0 Å². The third-order valence-corrected chi connectivity index (χ3v) is 3.13. The molecule has 0 saturated carbocycles. The third-order valence-electron chi connectivity index (χ3n) is 3.13. The number of fused-ring (bicyclic) bond motifs is 1. The molecule has 1 aromatic carbocycles. The van der Waals surface area contributed by atoms with Crippen molar-refractivity contribution in [1.29, 1.82) is 0 Å². The smallest absolute Gasteiger partial charge is 0.303 e. The zero-order valence-corrected chi connectivity index (χ0v) is 11.6. The Morgan fingerprint density at radius 1 is 1.38 bits per heavy atom. The number of anilines is 1. The molecule has 1 N–H and O–H groups in total. The van der Waals surface area contributed by atoms with Gasteiger partial charge in [-0.15, -0.1) is 0 Å². The van der Waals surface area contributed by atoms with Crippen LogP contribution in [-0.2, 0) is 4.79 Å². The molecular weight excluding hydrogens is 280 g/mol. The SMILES string of the molecule is CN(CCCC(=O)O)c1cc2c(cc1[N+](=O)[O-])OCCO2. The number of nitro benzene ring substituents is 1. The van der Waals surface area contributed by atoms with E-state index in [0.29, 0.717) is 43.4 Å². The summed E-state index contributed by atoms with van der Waals surface area (Å²) in [6, 6.07) is 2.91. The molecule has 8 heteroatoms. The van der Waals surface area contributed by atoms with Gasteiger partial charge in [-0.2, -0.15) is 0 Å². The number of hydrogen-bond donors (Lipinski definition) is 1. The fourth-order valence-electron chi connectivity index (χ4n) is 2.11. The summed E-state index contributed by atoms with van der Waals surface area (Å²) in [6.45, 7) is 1.15. The lowest BCUT2D eigenvalue weighted by atomic mass is 10.2. The van der Waals surface area contributed by atoms with Crippen LogP contribution in [0.2, 0.25) is 0 Å². The number of carboxylic acid groups (broad SMARTS) is 1. The topological polar surface area (TPSA) is 102 Å². The predicted octanol–water partition coefficient (Wildman–Crippen LogP) is 1.67. The molecule has 0 aliphatic carbocycles. The van der Waals surface area contributed by atoms with Gasteiger partial charge in [-0.1, -0.05) is 0 Å². The van der Waals surface area contributed by atoms with Crippen molar-refractivity contribution in [3.8, 4) is 11.5 Å². The summed E-state index contributed by atoms with van der Waals surface area (Å²) in [5.74, 6) is -0.0670. The molecule has 21 heavy (non-hydrogen) atoms. The first-order valence-electron chi connectivity index (χ1n) is 6.50. The molecule has 0 aromatic heterocycles. The van der Waals surface area contributed by atoms with E-state index >= 15 is 0 Å². The van der Waals surface area contributed by atoms with Gasteiger partial charge in [0.15, 0.2) is 11.5 Å². The van der Waals surface area contributed by atoms with Crippen molar-refractivity contribution in [3.63, 3.8) is 0 Å². The first-order valence-corrected chi connectivity index (χ1v) is 6.50. The molecule has 0 amide bonds. The van der Waals surface area contributed by atoms with Crippen molar-refractivity contribution in [2.24, 2.45) is 0 Å². The zero-order chi connectivity index (χ0) is 15.4. The molecule has 1 aliphatic rings. The number of rotatable bonds is 6. The normalized spacial score (nSPS) is 12.8. The van der Waals surface area contributed by atoms with E-state index in [9.17, 15) is 14.9 Å². The summed E-state index contributed by atoms with van der Waals surface area (Å²) in [7, 11) is 1.68. The fraction of sp³-hybridized carbons (Fsp3) is 0.462. The van der Waals surface area contributed by atoms with Gasteiger partial charge >= 0.3 is 5.97 Å². The minimum atomic E-state index is -0.889. The van der Waals surface area contributed by atoms with Gasteiger partial charge in [0.1, 0.15) is 18.9 Å². The predicted molar refractivity (Wildman–Crippen MR) is 74.2 cm³/mol. The van der Waals surface area contributed by atoms with Crippen LogP contribution in [0.3, 0.4) is 0 Å². The van der Waals surface area contributed by atoms with Gasteiger partial charge in [-0.25, -0.2) is 0 Å². The van der Waals surface area contributed by atoms with E-state index in [0.717, 1.165) is 0 Å². The second kappa shape index (κ2) is 6.29. The highest BCUT2D eigenvalue weighted by Gasteiger charge is 2.24. The lowest BCUT2D eigenvalue weighted by Gasteiger charge is -2.23. The first-order chi connectivity index (χ1) is 9.99. The summed E-state index contributed by atoms with van der Waals surface area (Å²) in [5.41, 5.74) is 0.298. The van der Waals surface area contributed by atoms with Crippen LogP contribution in [0, 0.1) is 10.1 Å². The molecule has 0 fully saturated rings. The lowest BCUT2D eigenvalue weighted by molar-refractivity contribution is -0.384. The molecule has 1 aromatic rings. The number of nitrogens with zero attached hydrogens (tertiary/aromatic N) is 2. The second-order valence-corrected chi connectivity index (χ2v) is 4.66. The number of nitro groups is 1. The molecule has 2 rings (SSSR count). The number of carboxylic acids is 1. The molecule has 0 radical (unpaired) electrons. The number of hydrogen-bond acceptors (Lipinski definition) is 6. The van der Waals surface area contributed by atoms with Crippen molar-refractivity contribution in [2.45, 2.75) is 12.8 Å². The minimum Gasteiger partial charge on any atom is -0.486 e. The van der Waals surface area contributed by atoms with E-state index in [-0.39, 0.29) is 12.1 Å². The minimum absolute atomic E-state index is 0.0166. The van der Waals surface area contributed by atoms with Crippen LogP contribution in [0.1, 0.15) is 12.8 Å². The summed E-state index contributed by atoms with van der Waals surface area (Å²) in [4.78, 5) is 22.9. The maximum Gasteiger partial charge on any atom is 0.303 e. The Morgan fingerprint density at radius 2 is 2.00 bits per heavy atom. The molecule has 1 heterocycles. The quantitative estimate of drug-likeness (QED) is 0.629. The average Bonchev–Trinajstić information content (AvgIpc) is 2.45. The number of benzene rings is 1. The van der Waals surface area contributed by atoms with Crippen molar-refractivity contribution >= 4 is 17.3 Å². The van der Waals surface area contributed by atoms with E-state index in [2.05, 4.69) is 0 Å². The molecular formula is C13H16N2O6. The maximum atomic E-state index is 11.2. The summed E-state index contributed by atoms with van der Waals surface area (Å²) < 4.78 is 10.8. The molecule has 0 bridgehead atoms. The molecule has 0 spiro atoms. The molecule has 0 atom stereocenters. The number of aliphatic carboxylic acids is 1. The molecule has 0 unspecified atom stereocenters. The Labute approximate surface area is 121 Å². The van der Waals surface area contributed by atoms with Crippen LogP contribution in [-0.4, -0.2) is 42.8 Å². The van der Waals surface area contributed by atoms with Crippen LogP contribution in [0.25, 0.3) is 0 Å². The van der Waals surface area contributed by atoms with Crippen LogP contribution in [0.15, 0.2) is 12.1 Å². The van der Waals surface area contributed by atoms with Gasteiger partial charge < -0.3 is 19.5 Å². The highest BCUT2D eigenvalue weighted by molar-refractivity contribution is 5.70. The van der Waals surface area contributed by atoms with Gasteiger partial charge in [0.25, 0.3) is 5.69 Å². The summed E-state index contributed by atoms with van der Waals surface area (Å²) >= 11 is 0. The summed E-state index contributed by atoms with van der Waals surface area (Å²) in [5, 5.41) is 19.8. The fourth-order valence-corrected chi connectivity index (χ4v) is 2.11. The van der Waals surface area contributed by atoms with Gasteiger partial charge in [-0.3, -0.25) is 14.9 Å². The van der Waals surface area contributed by atoms with Gasteiger partial charge in [0.05, 0.1) is 11.0 Å². The molecule has 8 nitrogen and oxygen atoms in total. The lowest BCUT2D eigenvalue weighted by Crippen LogP contribution is -2.22. The Balaban J connectivity index is 2.23. The van der Waals surface area contributed by atoms with E-state index in [1.807, 2.05) is 0 Å². The van der Waals surface area contributed by atoms with Crippen molar-refractivity contribution in [2.75, 3.05) is 31.7 Å². The van der Waals surface area contributed by atoms with E-state index in [1.165, 1.54) is 6.07 Å². The first kappa shape index (κ1) is 14.9. The van der Waals surface area contributed by atoms with Gasteiger partial charge in [0.2, 0.25) is 0 Å². The average molecular weight is 296 g/mol. The zero-order valence-electron chi connectivity index (χ0n) is 11.6.